The van der Waals surface area contributed by atoms with Gasteiger partial charge in [0.15, 0.2) is 0 Å². The van der Waals surface area contributed by atoms with Gasteiger partial charge in [0.25, 0.3) is 0 Å². The van der Waals surface area contributed by atoms with Gasteiger partial charge in [0.2, 0.25) is 0 Å². The molecule has 1 heterocycles. The standard InChI is InChI=1S/C14H18ClN3/c1-14(2,3)16-10-11-6-4-7-12(15)13(11)18-9-5-8-17-18/h4-9,16H,10H2,1-3H3. The summed E-state index contributed by atoms with van der Waals surface area (Å²) in [6.07, 6.45) is 3.66. The molecule has 18 heavy (non-hydrogen) atoms. The van der Waals surface area contributed by atoms with E-state index < -0.39 is 0 Å². The molecule has 4 heteroatoms. The van der Waals surface area contributed by atoms with E-state index in [1.165, 1.54) is 0 Å². The van der Waals surface area contributed by atoms with E-state index in [4.69, 9.17) is 11.6 Å². The molecular formula is C14H18ClN3. The number of hydrogen-bond donors (Lipinski definition) is 1. The molecular weight excluding hydrogens is 246 g/mol. The molecule has 2 rings (SSSR count). The number of aromatic nitrogens is 2. The summed E-state index contributed by atoms with van der Waals surface area (Å²) in [5.41, 5.74) is 2.16. The lowest BCUT2D eigenvalue weighted by molar-refractivity contribution is 0.424. The smallest absolute Gasteiger partial charge is 0.0876 e. The summed E-state index contributed by atoms with van der Waals surface area (Å²) in [5.74, 6) is 0. The van der Waals surface area contributed by atoms with Crippen LogP contribution in [0.4, 0.5) is 0 Å². The van der Waals surface area contributed by atoms with Crippen LogP contribution in [0.25, 0.3) is 5.69 Å². The minimum absolute atomic E-state index is 0.0731. The Morgan fingerprint density at radius 1 is 1.28 bits per heavy atom. The molecule has 0 radical (unpaired) electrons. The van der Waals surface area contributed by atoms with Crippen molar-refractivity contribution in [3.8, 4) is 5.69 Å². The van der Waals surface area contributed by atoms with Crippen LogP contribution >= 0.6 is 11.6 Å². The topological polar surface area (TPSA) is 29.9 Å². The first-order valence-corrected chi connectivity index (χ1v) is 6.37. The number of nitrogens with one attached hydrogen (secondary N) is 1. The van der Waals surface area contributed by atoms with Crippen molar-refractivity contribution in [2.75, 3.05) is 0 Å². The van der Waals surface area contributed by atoms with Gasteiger partial charge in [-0.05, 0) is 38.5 Å². The first-order chi connectivity index (χ1) is 8.47. The lowest BCUT2D eigenvalue weighted by Gasteiger charge is -2.22. The monoisotopic (exact) mass is 263 g/mol. The van der Waals surface area contributed by atoms with E-state index in [0.29, 0.717) is 5.02 Å². The first kappa shape index (κ1) is 13.1. The van der Waals surface area contributed by atoms with Crippen molar-refractivity contribution in [1.29, 1.82) is 0 Å². The molecule has 96 valence electrons. The van der Waals surface area contributed by atoms with Gasteiger partial charge in [0, 0.05) is 24.5 Å². The zero-order valence-electron chi connectivity index (χ0n) is 10.9. The molecule has 2 aromatic rings. The number of hydrogen-bond acceptors (Lipinski definition) is 2. The third-order valence-electron chi connectivity index (χ3n) is 2.61. The molecule has 1 N–H and O–H groups in total. The maximum Gasteiger partial charge on any atom is 0.0876 e. The zero-order valence-corrected chi connectivity index (χ0v) is 11.7. The third-order valence-corrected chi connectivity index (χ3v) is 2.92. The largest absolute Gasteiger partial charge is 0.308 e. The number of halogens is 1. The summed E-state index contributed by atoms with van der Waals surface area (Å²) < 4.78 is 1.81. The Labute approximate surface area is 113 Å². The SMILES string of the molecule is CC(C)(C)NCc1cccc(Cl)c1-n1cccn1. The van der Waals surface area contributed by atoms with Gasteiger partial charge < -0.3 is 5.32 Å². The van der Waals surface area contributed by atoms with Crippen molar-refractivity contribution in [2.45, 2.75) is 32.9 Å². The summed E-state index contributed by atoms with van der Waals surface area (Å²) in [7, 11) is 0. The van der Waals surface area contributed by atoms with Gasteiger partial charge in [0.1, 0.15) is 0 Å². The molecule has 0 bridgehead atoms. The summed E-state index contributed by atoms with van der Waals surface area (Å²) in [6.45, 7) is 7.20. The van der Waals surface area contributed by atoms with E-state index in [9.17, 15) is 0 Å². The quantitative estimate of drug-likeness (QED) is 0.920. The molecule has 1 aromatic carbocycles. The second kappa shape index (κ2) is 5.12. The van der Waals surface area contributed by atoms with Crippen LogP contribution in [0, 0.1) is 0 Å². The van der Waals surface area contributed by atoms with E-state index in [-0.39, 0.29) is 5.54 Å². The fourth-order valence-corrected chi connectivity index (χ4v) is 2.00. The molecule has 1 aromatic heterocycles. The minimum atomic E-state index is 0.0731. The lowest BCUT2D eigenvalue weighted by atomic mass is 10.1. The highest BCUT2D eigenvalue weighted by Crippen LogP contribution is 2.24. The second-order valence-corrected chi connectivity index (χ2v) is 5.71. The van der Waals surface area contributed by atoms with Crippen LogP contribution < -0.4 is 5.32 Å². The van der Waals surface area contributed by atoms with Crippen LogP contribution in [0.15, 0.2) is 36.7 Å². The molecule has 3 nitrogen and oxygen atoms in total. The van der Waals surface area contributed by atoms with Gasteiger partial charge in [-0.25, -0.2) is 4.68 Å². The van der Waals surface area contributed by atoms with E-state index in [0.717, 1.165) is 17.8 Å². The molecule has 0 aliphatic rings. The van der Waals surface area contributed by atoms with Crippen LogP contribution in [-0.4, -0.2) is 15.3 Å². The van der Waals surface area contributed by atoms with Crippen LogP contribution in [0.2, 0.25) is 5.02 Å². The van der Waals surface area contributed by atoms with Crippen molar-refractivity contribution in [3.63, 3.8) is 0 Å². The predicted octanol–water partition coefficient (Wildman–Crippen LogP) is 3.41. The summed E-state index contributed by atoms with van der Waals surface area (Å²) in [4.78, 5) is 0. The van der Waals surface area contributed by atoms with Crippen molar-refractivity contribution >= 4 is 11.6 Å². The maximum absolute atomic E-state index is 6.28. The highest BCUT2D eigenvalue weighted by Gasteiger charge is 2.13. The van der Waals surface area contributed by atoms with Gasteiger partial charge >= 0.3 is 0 Å². The number of rotatable bonds is 3. The van der Waals surface area contributed by atoms with Crippen molar-refractivity contribution < 1.29 is 0 Å². The third kappa shape index (κ3) is 3.12. The Bertz CT molecular complexity index is 512. The maximum atomic E-state index is 6.28. The fourth-order valence-electron chi connectivity index (χ4n) is 1.72. The predicted molar refractivity (Wildman–Crippen MR) is 75.2 cm³/mol. The molecule has 0 aliphatic carbocycles. The average Bonchev–Trinajstić information content (AvgIpc) is 2.78. The Balaban J connectivity index is 2.33. The van der Waals surface area contributed by atoms with Crippen LogP contribution in [0.3, 0.4) is 0 Å². The molecule has 0 spiro atoms. The Kier molecular flexibility index (Phi) is 3.73. The number of para-hydroxylation sites is 1. The molecule has 0 saturated heterocycles. The van der Waals surface area contributed by atoms with E-state index in [1.807, 2.05) is 29.1 Å². The molecule has 0 saturated carbocycles. The van der Waals surface area contributed by atoms with Gasteiger partial charge in [-0.15, -0.1) is 0 Å². The summed E-state index contributed by atoms with van der Waals surface area (Å²) >= 11 is 6.28. The van der Waals surface area contributed by atoms with E-state index in [1.54, 1.807) is 6.20 Å². The normalized spacial score (nSPS) is 11.8. The molecule has 0 fully saturated rings. The van der Waals surface area contributed by atoms with Crippen LogP contribution in [0.1, 0.15) is 26.3 Å². The summed E-state index contributed by atoms with van der Waals surface area (Å²) in [5, 5.41) is 8.44. The first-order valence-electron chi connectivity index (χ1n) is 6.00. The molecule has 0 atom stereocenters. The van der Waals surface area contributed by atoms with Crippen molar-refractivity contribution in [2.24, 2.45) is 0 Å². The molecule has 0 aliphatic heterocycles. The van der Waals surface area contributed by atoms with Crippen molar-refractivity contribution in [1.82, 2.24) is 15.1 Å². The van der Waals surface area contributed by atoms with E-state index in [2.05, 4.69) is 37.3 Å². The van der Waals surface area contributed by atoms with Gasteiger partial charge in [0.05, 0.1) is 10.7 Å². The number of nitrogens with zero attached hydrogens (tertiary/aromatic N) is 2. The van der Waals surface area contributed by atoms with Gasteiger partial charge in [-0.3, -0.25) is 0 Å². The number of benzene rings is 1. The van der Waals surface area contributed by atoms with Crippen LogP contribution in [-0.2, 0) is 6.54 Å². The highest BCUT2D eigenvalue weighted by molar-refractivity contribution is 6.32. The lowest BCUT2D eigenvalue weighted by Crippen LogP contribution is -2.35. The van der Waals surface area contributed by atoms with Crippen molar-refractivity contribution in [3.05, 3.63) is 47.2 Å². The highest BCUT2D eigenvalue weighted by atomic mass is 35.5. The van der Waals surface area contributed by atoms with E-state index >= 15 is 0 Å². The minimum Gasteiger partial charge on any atom is -0.308 e. The fraction of sp³-hybridized carbons (Fsp3) is 0.357. The Morgan fingerprint density at radius 2 is 2.06 bits per heavy atom. The van der Waals surface area contributed by atoms with Gasteiger partial charge in [-0.2, -0.15) is 5.10 Å². The molecule has 0 unspecified atom stereocenters. The Morgan fingerprint density at radius 3 is 2.67 bits per heavy atom. The zero-order chi connectivity index (χ0) is 13.2. The van der Waals surface area contributed by atoms with Gasteiger partial charge in [-0.1, -0.05) is 23.7 Å². The molecule has 0 amide bonds. The second-order valence-electron chi connectivity index (χ2n) is 5.30. The Hall–Kier alpha value is -1.32. The summed E-state index contributed by atoms with van der Waals surface area (Å²) in [6, 6.07) is 7.82. The van der Waals surface area contributed by atoms with Crippen LogP contribution in [0.5, 0.6) is 0 Å². The average molecular weight is 264 g/mol.